The van der Waals surface area contributed by atoms with Crippen molar-refractivity contribution < 1.29 is 14.4 Å². The Labute approximate surface area is 148 Å². The molecule has 2 aromatic rings. The van der Waals surface area contributed by atoms with Crippen molar-refractivity contribution in [2.45, 2.75) is 19.5 Å². The zero-order valence-corrected chi connectivity index (χ0v) is 15.1. The molecule has 0 aliphatic heterocycles. The Bertz CT molecular complexity index is 656. The van der Waals surface area contributed by atoms with Gasteiger partial charge in [0, 0.05) is 10.6 Å². The summed E-state index contributed by atoms with van der Waals surface area (Å²) in [5, 5.41) is 3.72. The molecule has 5 heteroatoms. The quantitative estimate of drug-likeness (QED) is 0.806. The van der Waals surface area contributed by atoms with Crippen molar-refractivity contribution in [1.29, 1.82) is 0 Å². The van der Waals surface area contributed by atoms with Crippen LogP contribution in [-0.4, -0.2) is 26.6 Å². The van der Waals surface area contributed by atoms with Crippen LogP contribution < -0.4 is 15.0 Å². The minimum atomic E-state index is -0.0384. The van der Waals surface area contributed by atoms with Crippen molar-refractivity contribution in [3.8, 4) is 5.75 Å². The maximum absolute atomic E-state index is 12.2. The molecule has 0 fully saturated rings. The number of rotatable bonds is 7. The van der Waals surface area contributed by atoms with Gasteiger partial charge in [-0.25, -0.2) is 0 Å². The molecule has 0 aliphatic rings. The number of halogens is 1. The lowest BCUT2D eigenvalue weighted by molar-refractivity contribution is -0.885. The second kappa shape index (κ2) is 8.71. The molecule has 2 atom stereocenters. The van der Waals surface area contributed by atoms with Gasteiger partial charge in [-0.2, -0.15) is 0 Å². The fourth-order valence-corrected chi connectivity index (χ4v) is 2.68. The van der Waals surface area contributed by atoms with Gasteiger partial charge >= 0.3 is 0 Å². The molecular weight excluding hydrogens is 324 g/mol. The van der Waals surface area contributed by atoms with Crippen LogP contribution in [0.25, 0.3) is 0 Å². The number of carbonyl (C=O) groups excluding carboxylic acids is 1. The summed E-state index contributed by atoms with van der Waals surface area (Å²) in [4.78, 5) is 13.3. The van der Waals surface area contributed by atoms with Crippen molar-refractivity contribution >= 4 is 17.5 Å². The Balaban J connectivity index is 1.83. The molecule has 0 radical (unpaired) electrons. The SMILES string of the molecule is COc1ccc(C[NH+](C)CC(=O)N[C@H](C)c2ccc(Cl)cc2)cc1. The van der Waals surface area contributed by atoms with Gasteiger partial charge in [-0.05, 0) is 48.9 Å². The topological polar surface area (TPSA) is 42.8 Å². The normalized spacial score (nSPS) is 13.2. The molecule has 2 rings (SSSR count). The first kappa shape index (κ1) is 18.3. The maximum Gasteiger partial charge on any atom is 0.275 e. The Morgan fingerprint density at radius 1 is 1.17 bits per heavy atom. The third kappa shape index (κ3) is 5.55. The highest BCUT2D eigenvalue weighted by molar-refractivity contribution is 6.30. The van der Waals surface area contributed by atoms with Crippen molar-refractivity contribution in [3.05, 3.63) is 64.7 Å². The fourth-order valence-electron chi connectivity index (χ4n) is 2.56. The number of methoxy groups -OCH3 is 1. The molecule has 1 unspecified atom stereocenters. The minimum Gasteiger partial charge on any atom is -0.497 e. The lowest BCUT2D eigenvalue weighted by atomic mass is 10.1. The average molecular weight is 348 g/mol. The van der Waals surface area contributed by atoms with E-state index in [1.54, 1.807) is 7.11 Å². The van der Waals surface area contributed by atoms with E-state index in [-0.39, 0.29) is 11.9 Å². The Morgan fingerprint density at radius 3 is 2.38 bits per heavy atom. The Hall–Kier alpha value is -2.04. The number of carbonyl (C=O) groups is 1. The summed E-state index contributed by atoms with van der Waals surface area (Å²) in [5.74, 6) is 0.870. The maximum atomic E-state index is 12.2. The standard InChI is InChI=1S/C19H23ClN2O2/c1-14(16-6-8-17(20)9-7-16)21-19(23)13-22(2)12-15-4-10-18(24-3)11-5-15/h4-11,14H,12-13H2,1-3H3,(H,21,23)/p+1/t14-/m1/s1. The monoisotopic (exact) mass is 347 g/mol. The number of benzene rings is 2. The summed E-state index contributed by atoms with van der Waals surface area (Å²) in [6, 6.07) is 15.4. The number of nitrogens with one attached hydrogen (secondary N) is 2. The van der Waals surface area contributed by atoms with Gasteiger partial charge in [-0.15, -0.1) is 0 Å². The predicted octanol–water partition coefficient (Wildman–Crippen LogP) is 2.24. The van der Waals surface area contributed by atoms with Gasteiger partial charge in [-0.1, -0.05) is 23.7 Å². The van der Waals surface area contributed by atoms with Gasteiger partial charge in [0.2, 0.25) is 0 Å². The van der Waals surface area contributed by atoms with Gasteiger partial charge < -0.3 is 15.0 Å². The Morgan fingerprint density at radius 2 is 1.79 bits per heavy atom. The molecule has 2 aromatic carbocycles. The molecule has 0 aliphatic carbocycles. The largest absolute Gasteiger partial charge is 0.497 e. The van der Waals surface area contributed by atoms with E-state index < -0.39 is 0 Å². The van der Waals surface area contributed by atoms with E-state index in [4.69, 9.17) is 16.3 Å². The number of amides is 1. The van der Waals surface area contributed by atoms with Crippen LogP contribution in [0.4, 0.5) is 0 Å². The number of likely N-dealkylation sites (N-methyl/N-ethyl adjacent to an activating group) is 1. The van der Waals surface area contributed by atoms with Crippen LogP contribution in [0.2, 0.25) is 5.02 Å². The highest BCUT2D eigenvalue weighted by Gasteiger charge is 2.14. The van der Waals surface area contributed by atoms with E-state index >= 15 is 0 Å². The molecule has 0 bridgehead atoms. The van der Waals surface area contributed by atoms with Crippen LogP contribution in [0.1, 0.15) is 24.1 Å². The molecule has 0 spiro atoms. The van der Waals surface area contributed by atoms with Crippen LogP contribution in [-0.2, 0) is 11.3 Å². The van der Waals surface area contributed by atoms with Crippen LogP contribution in [0.5, 0.6) is 5.75 Å². The summed E-state index contributed by atoms with van der Waals surface area (Å²) >= 11 is 5.89. The lowest BCUT2D eigenvalue weighted by Crippen LogP contribution is -3.08. The van der Waals surface area contributed by atoms with E-state index in [2.05, 4.69) is 5.32 Å². The number of hydrogen-bond donors (Lipinski definition) is 2. The summed E-state index contributed by atoms with van der Waals surface area (Å²) in [6.07, 6.45) is 0. The van der Waals surface area contributed by atoms with Gasteiger partial charge in [0.1, 0.15) is 12.3 Å². The lowest BCUT2D eigenvalue weighted by Gasteiger charge is -2.17. The molecule has 0 saturated carbocycles. The van der Waals surface area contributed by atoms with Gasteiger partial charge in [0.15, 0.2) is 6.54 Å². The summed E-state index contributed by atoms with van der Waals surface area (Å²) in [7, 11) is 3.66. The summed E-state index contributed by atoms with van der Waals surface area (Å²) in [5.41, 5.74) is 2.22. The van der Waals surface area contributed by atoms with Crippen LogP contribution in [0.15, 0.2) is 48.5 Å². The average Bonchev–Trinajstić information content (AvgIpc) is 2.55. The minimum absolute atomic E-state index is 0.0310. The van der Waals surface area contributed by atoms with Crippen molar-refractivity contribution in [1.82, 2.24) is 5.32 Å². The van der Waals surface area contributed by atoms with E-state index in [1.807, 2.05) is 62.5 Å². The van der Waals surface area contributed by atoms with Crippen LogP contribution in [0, 0.1) is 0 Å². The highest BCUT2D eigenvalue weighted by Crippen LogP contribution is 2.15. The van der Waals surface area contributed by atoms with Gasteiger partial charge in [0.05, 0.1) is 20.2 Å². The molecule has 2 N–H and O–H groups in total. The van der Waals surface area contributed by atoms with E-state index in [9.17, 15) is 4.79 Å². The molecule has 1 amide bonds. The second-order valence-electron chi connectivity index (χ2n) is 6.00. The van der Waals surface area contributed by atoms with Crippen LogP contribution >= 0.6 is 11.6 Å². The number of ether oxygens (including phenoxy) is 1. The summed E-state index contributed by atoms with van der Waals surface area (Å²) < 4.78 is 5.15. The van der Waals surface area contributed by atoms with E-state index in [0.717, 1.165) is 22.8 Å². The molecular formula is C19H24ClN2O2+. The summed E-state index contributed by atoms with van der Waals surface area (Å²) in [6.45, 7) is 3.18. The number of hydrogen-bond acceptors (Lipinski definition) is 2. The number of quaternary nitrogens is 1. The Kier molecular flexibility index (Phi) is 6.64. The molecule has 4 nitrogen and oxygen atoms in total. The predicted molar refractivity (Wildman–Crippen MR) is 96.5 cm³/mol. The van der Waals surface area contributed by atoms with E-state index in [0.29, 0.717) is 11.6 Å². The molecule has 0 heterocycles. The van der Waals surface area contributed by atoms with E-state index in [1.165, 1.54) is 5.56 Å². The van der Waals surface area contributed by atoms with Crippen LogP contribution in [0.3, 0.4) is 0 Å². The van der Waals surface area contributed by atoms with Gasteiger partial charge in [0.25, 0.3) is 5.91 Å². The van der Waals surface area contributed by atoms with Crippen molar-refractivity contribution in [3.63, 3.8) is 0 Å². The molecule has 0 saturated heterocycles. The smallest absolute Gasteiger partial charge is 0.275 e. The third-order valence-corrected chi connectivity index (χ3v) is 4.13. The molecule has 128 valence electrons. The molecule has 24 heavy (non-hydrogen) atoms. The van der Waals surface area contributed by atoms with Gasteiger partial charge in [-0.3, -0.25) is 4.79 Å². The van der Waals surface area contributed by atoms with Crippen molar-refractivity contribution in [2.75, 3.05) is 20.7 Å². The third-order valence-electron chi connectivity index (χ3n) is 3.87. The molecule has 0 aromatic heterocycles. The zero-order valence-electron chi connectivity index (χ0n) is 14.3. The zero-order chi connectivity index (χ0) is 17.5. The fraction of sp³-hybridized carbons (Fsp3) is 0.316. The highest BCUT2D eigenvalue weighted by atomic mass is 35.5. The second-order valence-corrected chi connectivity index (χ2v) is 6.44. The first-order valence-electron chi connectivity index (χ1n) is 7.97. The first-order chi connectivity index (χ1) is 11.5. The van der Waals surface area contributed by atoms with Crippen molar-refractivity contribution in [2.24, 2.45) is 0 Å². The first-order valence-corrected chi connectivity index (χ1v) is 8.35.